The van der Waals surface area contributed by atoms with Crippen molar-refractivity contribution in [2.45, 2.75) is 39.4 Å². The van der Waals surface area contributed by atoms with Gasteiger partial charge < -0.3 is 0 Å². The summed E-state index contributed by atoms with van der Waals surface area (Å²) in [7, 11) is 0. The van der Waals surface area contributed by atoms with Crippen molar-refractivity contribution in [3.05, 3.63) is 71.4 Å². The van der Waals surface area contributed by atoms with Gasteiger partial charge in [0.05, 0.1) is 0 Å². The summed E-state index contributed by atoms with van der Waals surface area (Å²) in [5, 5.41) is 0. The lowest BCUT2D eigenvalue weighted by Gasteiger charge is -2.19. The molecule has 112 valence electrons. The Morgan fingerprint density at radius 3 is 2.19 bits per heavy atom. The van der Waals surface area contributed by atoms with E-state index in [1.165, 1.54) is 16.7 Å². The van der Waals surface area contributed by atoms with Gasteiger partial charge in [0.25, 0.3) is 0 Å². The van der Waals surface area contributed by atoms with Crippen LogP contribution in [0.5, 0.6) is 0 Å². The Balaban J connectivity index is 2.44. The first-order valence-electron chi connectivity index (χ1n) is 7.64. The quantitative estimate of drug-likeness (QED) is 0.609. The predicted octanol–water partition coefficient (Wildman–Crippen LogP) is 5.83. The van der Waals surface area contributed by atoms with Crippen molar-refractivity contribution in [2.75, 3.05) is 0 Å². The Kier molecular flexibility index (Phi) is 4.53. The molecule has 0 nitrogen and oxygen atoms in total. The molecule has 0 heterocycles. The van der Waals surface area contributed by atoms with E-state index in [4.69, 9.17) is 12.6 Å². The van der Waals surface area contributed by atoms with Crippen molar-refractivity contribution >= 4 is 12.6 Å². The van der Waals surface area contributed by atoms with E-state index in [1.807, 2.05) is 0 Å². The van der Waals surface area contributed by atoms with Crippen molar-refractivity contribution < 1.29 is 0 Å². The van der Waals surface area contributed by atoms with Gasteiger partial charge in [-0.25, -0.2) is 0 Å². The van der Waals surface area contributed by atoms with Gasteiger partial charge in [-0.15, -0.1) is 0 Å². The highest BCUT2D eigenvalue weighted by Crippen LogP contribution is 2.34. The fraction of sp³-hybridized carbons (Fsp3) is 0.400. The molecule has 0 radical (unpaired) electrons. The van der Waals surface area contributed by atoms with Gasteiger partial charge in [0.2, 0.25) is 0 Å². The highest BCUT2D eigenvalue weighted by molar-refractivity contribution is 7.82. The SMILES string of the molecule is CC(C)C1=CC(C)(C)C=C(C2=CC(C)(S)C=CC=C2)C=C1. The number of allylic oxidation sites excluding steroid dienone is 10. The normalized spacial score (nSPS) is 27.9. The van der Waals surface area contributed by atoms with Gasteiger partial charge in [-0.3, -0.25) is 0 Å². The maximum absolute atomic E-state index is 4.72. The second kappa shape index (κ2) is 5.88. The molecule has 0 aromatic carbocycles. The van der Waals surface area contributed by atoms with Gasteiger partial charge in [0, 0.05) is 10.2 Å². The molecule has 2 aliphatic carbocycles. The zero-order valence-corrected chi connectivity index (χ0v) is 14.6. The molecule has 0 fully saturated rings. The summed E-state index contributed by atoms with van der Waals surface area (Å²) in [5.41, 5.74) is 3.96. The average molecular weight is 298 g/mol. The third-order valence-corrected chi connectivity index (χ3v) is 4.07. The molecule has 1 atom stereocenters. The fourth-order valence-corrected chi connectivity index (χ4v) is 2.92. The van der Waals surface area contributed by atoms with Crippen LogP contribution in [0.15, 0.2) is 71.4 Å². The Bertz CT molecular complexity index is 587. The Hall–Kier alpha value is -1.21. The lowest BCUT2D eigenvalue weighted by Crippen LogP contribution is -2.09. The molecule has 0 aliphatic heterocycles. The minimum absolute atomic E-state index is 0.0554. The molecule has 0 N–H and O–H groups in total. The van der Waals surface area contributed by atoms with Crippen LogP contribution in [0.25, 0.3) is 0 Å². The van der Waals surface area contributed by atoms with Gasteiger partial charge in [-0.2, -0.15) is 12.6 Å². The second-order valence-corrected chi connectivity index (χ2v) is 8.06. The lowest BCUT2D eigenvalue weighted by molar-refractivity contribution is 0.609. The van der Waals surface area contributed by atoms with Crippen molar-refractivity contribution in [1.29, 1.82) is 0 Å². The van der Waals surface area contributed by atoms with Gasteiger partial charge in [0.15, 0.2) is 0 Å². The minimum atomic E-state index is -0.210. The van der Waals surface area contributed by atoms with Crippen LogP contribution in [0.4, 0.5) is 0 Å². The van der Waals surface area contributed by atoms with Crippen molar-refractivity contribution in [2.24, 2.45) is 11.3 Å². The molecular weight excluding hydrogens is 272 g/mol. The van der Waals surface area contributed by atoms with E-state index in [2.05, 4.69) is 89.3 Å². The van der Waals surface area contributed by atoms with Gasteiger partial charge in [-0.1, -0.05) is 82.4 Å². The molecule has 21 heavy (non-hydrogen) atoms. The van der Waals surface area contributed by atoms with Crippen LogP contribution in [0.2, 0.25) is 0 Å². The molecule has 0 saturated carbocycles. The van der Waals surface area contributed by atoms with E-state index in [9.17, 15) is 0 Å². The Morgan fingerprint density at radius 1 is 0.857 bits per heavy atom. The molecule has 1 heteroatoms. The third-order valence-electron chi connectivity index (χ3n) is 3.79. The number of hydrogen-bond acceptors (Lipinski definition) is 1. The second-order valence-electron chi connectivity index (χ2n) is 7.10. The average Bonchev–Trinajstić information content (AvgIpc) is 2.62. The van der Waals surface area contributed by atoms with E-state index in [1.54, 1.807) is 0 Å². The van der Waals surface area contributed by atoms with Crippen molar-refractivity contribution in [3.8, 4) is 0 Å². The monoisotopic (exact) mass is 298 g/mol. The number of thiol groups is 1. The van der Waals surface area contributed by atoms with E-state index in [-0.39, 0.29) is 10.2 Å². The highest BCUT2D eigenvalue weighted by atomic mass is 32.1. The van der Waals surface area contributed by atoms with Gasteiger partial charge >= 0.3 is 0 Å². The zero-order valence-electron chi connectivity index (χ0n) is 13.7. The predicted molar refractivity (Wildman–Crippen MR) is 97.7 cm³/mol. The first-order chi connectivity index (χ1) is 9.69. The van der Waals surface area contributed by atoms with Crippen molar-refractivity contribution in [1.82, 2.24) is 0 Å². The summed E-state index contributed by atoms with van der Waals surface area (Å²) in [4.78, 5) is 0. The highest BCUT2D eigenvalue weighted by Gasteiger charge is 2.20. The Morgan fingerprint density at radius 2 is 1.52 bits per heavy atom. The maximum Gasteiger partial charge on any atom is 0.0472 e. The molecule has 0 amide bonds. The van der Waals surface area contributed by atoms with Gasteiger partial charge in [0.1, 0.15) is 0 Å². The van der Waals surface area contributed by atoms with Crippen molar-refractivity contribution in [3.63, 3.8) is 0 Å². The fourth-order valence-electron chi connectivity index (χ4n) is 2.69. The van der Waals surface area contributed by atoms with Crippen LogP contribution in [0.1, 0.15) is 34.6 Å². The summed E-state index contributed by atoms with van der Waals surface area (Å²) in [6.07, 6.45) is 19.9. The largest absolute Gasteiger partial charge is 0.164 e. The molecule has 2 aliphatic rings. The smallest absolute Gasteiger partial charge is 0.0472 e. The first kappa shape index (κ1) is 16.2. The topological polar surface area (TPSA) is 0 Å². The van der Waals surface area contributed by atoms with Crippen LogP contribution in [0.3, 0.4) is 0 Å². The third kappa shape index (κ3) is 4.38. The van der Waals surface area contributed by atoms with E-state index in [0.717, 1.165) is 0 Å². The maximum atomic E-state index is 4.72. The summed E-state index contributed by atoms with van der Waals surface area (Å²) in [6.45, 7) is 11.1. The molecule has 0 spiro atoms. The molecule has 0 saturated heterocycles. The van der Waals surface area contributed by atoms with Crippen LogP contribution in [-0.2, 0) is 0 Å². The Labute approximate surface area is 135 Å². The molecular formula is C20H26S. The van der Waals surface area contributed by atoms with E-state index < -0.39 is 0 Å². The summed E-state index contributed by atoms with van der Waals surface area (Å²) in [5.74, 6) is 0.545. The molecule has 2 rings (SSSR count). The summed E-state index contributed by atoms with van der Waals surface area (Å²) < 4.78 is -0.210. The molecule has 0 aromatic heterocycles. The molecule has 0 bridgehead atoms. The van der Waals surface area contributed by atoms with Gasteiger partial charge in [-0.05, 0) is 29.6 Å². The van der Waals surface area contributed by atoms with Crippen LogP contribution in [-0.4, -0.2) is 4.75 Å². The van der Waals surface area contributed by atoms with Crippen LogP contribution < -0.4 is 0 Å². The lowest BCUT2D eigenvalue weighted by atomic mass is 9.86. The van der Waals surface area contributed by atoms with E-state index in [0.29, 0.717) is 5.92 Å². The number of hydrogen-bond donors (Lipinski definition) is 1. The number of rotatable bonds is 2. The van der Waals surface area contributed by atoms with E-state index >= 15 is 0 Å². The standard InChI is InChI=1S/C20H26S/c1-15(2)16-9-10-18(13-19(3,4)12-16)17-8-6-7-11-20(5,21)14-17/h6-15,21H,1-5H3. The summed E-state index contributed by atoms with van der Waals surface area (Å²) >= 11 is 4.72. The van der Waals surface area contributed by atoms with Crippen LogP contribution in [0, 0.1) is 11.3 Å². The minimum Gasteiger partial charge on any atom is -0.164 e. The van der Waals surface area contributed by atoms with Crippen LogP contribution >= 0.6 is 12.6 Å². The first-order valence-corrected chi connectivity index (χ1v) is 8.08. The zero-order chi connectivity index (χ0) is 15.7. The molecule has 0 aromatic rings. The summed E-state index contributed by atoms with van der Waals surface area (Å²) in [6, 6.07) is 0. The molecule has 1 unspecified atom stereocenters.